The van der Waals surface area contributed by atoms with Crippen molar-refractivity contribution in [1.29, 1.82) is 0 Å². The highest BCUT2D eigenvalue weighted by Crippen LogP contribution is 2.19. The Morgan fingerprint density at radius 3 is 2.07 bits per heavy atom. The van der Waals surface area contributed by atoms with Crippen LogP contribution >= 0.6 is 0 Å². The van der Waals surface area contributed by atoms with Crippen molar-refractivity contribution in [2.45, 2.75) is 105 Å². The molecule has 0 aliphatic carbocycles. The number of amides is 1. The van der Waals surface area contributed by atoms with Gasteiger partial charge in [-0.2, -0.15) is 0 Å². The average molecular weight is 385 g/mol. The topological polar surface area (TPSA) is 77.0 Å². The van der Waals surface area contributed by atoms with Gasteiger partial charge in [0, 0.05) is 12.6 Å². The second-order valence-corrected chi connectivity index (χ2v) is 9.44. The zero-order valence-corrected chi connectivity index (χ0v) is 18.9. The number of carbonyl (C=O) groups excluding carboxylic acids is 2. The molecule has 0 bridgehead atoms. The van der Waals surface area contributed by atoms with Crippen LogP contribution in [0.2, 0.25) is 0 Å². The Bertz CT molecular complexity index is 519. The molecule has 6 nitrogen and oxygen atoms in total. The van der Waals surface area contributed by atoms with Crippen LogP contribution in [0.15, 0.2) is 4.99 Å². The third-order valence-electron chi connectivity index (χ3n) is 4.20. The maximum Gasteiger partial charge on any atom is 0.328 e. The molecule has 0 saturated heterocycles. The molecule has 158 valence electrons. The van der Waals surface area contributed by atoms with Gasteiger partial charge in [0.2, 0.25) is 5.91 Å². The third-order valence-corrected chi connectivity index (χ3v) is 4.20. The van der Waals surface area contributed by atoms with E-state index in [1.165, 1.54) is 0 Å². The van der Waals surface area contributed by atoms with Gasteiger partial charge >= 0.3 is 5.97 Å². The minimum Gasteiger partial charge on any atom is -0.458 e. The van der Waals surface area contributed by atoms with Crippen molar-refractivity contribution in [3.63, 3.8) is 0 Å². The SMILES string of the molecule is CCC(C)(C)OCCC(C)(C)OC(=O)[C@H](C)NC(=O)[C@@H](C)N=CC(C)(C)C. The molecule has 0 saturated carbocycles. The zero-order valence-electron chi connectivity index (χ0n) is 18.9. The van der Waals surface area contributed by atoms with Crippen molar-refractivity contribution < 1.29 is 19.1 Å². The fourth-order valence-electron chi connectivity index (χ4n) is 1.88. The molecular weight excluding hydrogens is 344 g/mol. The predicted octanol–water partition coefficient (Wildman–Crippen LogP) is 3.91. The van der Waals surface area contributed by atoms with Crippen molar-refractivity contribution in [2.24, 2.45) is 10.4 Å². The Morgan fingerprint density at radius 1 is 1.04 bits per heavy atom. The fourth-order valence-corrected chi connectivity index (χ4v) is 1.88. The highest BCUT2D eigenvalue weighted by molar-refractivity contribution is 5.88. The van der Waals surface area contributed by atoms with Crippen LogP contribution in [-0.4, -0.2) is 48.0 Å². The molecule has 6 heteroatoms. The summed E-state index contributed by atoms with van der Waals surface area (Å²) in [5, 5.41) is 2.67. The van der Waals surface area contributed by atoms with Crippen LogP contribution in [0.25, 0.3) is 0 Å². The van der Waals surface area contributed by atoms with Crippen molar-refractivity contribution in [2.75, 3.05) is 6.61 Å². The highest BCUT2D eigenvalue weighted by atomic mass is 16.6. The first kappa shape index (κ1) is 25.6. The number of aliphatic imine (C=N–C) groups is 1. The molecular formula is C21H40N2O4. The van der Waals surface area contributed by atoms with Gasteiger partial charge in [-0.05, 0) is 53.4 Å². The minimum absolute atomic E-state index is 0.0997. The monoisotopic (exact) mass is 384 g/mol. The molecule has 2 atom stereocenters. The van der Waals surface area contributed by atoms with Gasteiger partial charge < -0.3 is 14.8 Å². The molecule has 0 aromatic rings. The number of nitrogens with zero attached hydrogens (tertiary/aromatic N) is 1. The van der Waals surface area contributed by atoms with Gasteiger partial charge in [-0.15, -0.1) is 0 Å². The summed E-state index contributed by atoms with van der Waals surface area (Å²) in [5.41, 5.74) is -0.960. The molecule has 0 aliphatic heterocycles. The molecule has 0 aromatic carbocycles. The minimum atomic E-state index is -0.739. The lowest BCUT2D eigenvalue weighted by molar-refractivity contribution is -0.162. The molecule has 0 aliphatic rings. The standard InChI is InChI=1S/C21H40N2O4/c1-11-20(7,8)26-13-12-21(9,10)27-18(25)16(3)23-17(24)15(2)22-14-19(4,5)6/h14-16H,11-13H2,1-10H3,(H,23,24)/t15-,16+/m1/s1. The van der Waals surface area contributed by atoms with Gasteiger partial charge in [0.15, 0.2) is 0 Å². The Labute approximate surface area is 165 Å². The normalized spacial score (nSPS) is 15.5. The van der Waals surface area contributed by atoms with Crippen molar-refractivity contribution >= 4 is 18.1 Å². The number of carbonyl (C=O) groups is 2. The van der Waals surface area contributed by atoms with Crippen LogP contribution in [-0.2, 0) is 19.1 Å². The second-order valence-electron chi connectivity index (χ2n) is 9.44. The third kappa shape index (κ3) is 11.8. The van der Waals surface area contributed by atoms with Crippen molar-refractivity contribution in [3.8, 4) is 0 Å². The first-order chi connectivity index (χ1) is 12.1. The highest BCUT2D eigenvalue weighted by Gasteiger charge is 2.28. The molecule has 0 unspecified atom stereocenters. The van der Waals surface area contributed by atoms with Crippen LogP contribution in [0.4, 0.5) is 0 Å². The van der Waals surface area contributed by atoms with Crippen molar-refractivity contribution in [3.05, 3.63) is 0 Å². The van der Waals surface area contributed by atoms with Crippen LogP contribution < -0.4 is 5.32 Å². The lowest BCUT2D eigenvalue weighted by atomic mass is 9.99. The number of nitrogens with one attached hydrogen (secondary N) is 1. The molecule has 0 spiro atoms. The molecule has 0 radical (unpaired) electrons. The molecule has 27 heavy (non-hydrogen) atoms. The number of ether oxygens (including phenoxy) is 2. The smallest absolute Gasteiger partial charge is 0.328 e. The second kappa shape index (κ2) is 10.2. The van der Waals surface area contributed by atoms with Crippen LogP contribution in [0, 0.1) is 5.41 Å². The lowest BCUT2D eigenvalue weighted by Gasteiger charge is -2.30. The summed E-state index contributed by atoms with van der Waals surface area (Å²) in [5.74, 6) is -0.763. The summed E-state index contributed by atoms with van der Waals surface area (Å²) in [6.07, 6.45) is 3.24. The van der Waals surface area contributed by atoms with E-state index in [4.69, 9.17) is 9.47 Å². The van der Waals surface area contributed by atoms with E-state index in [-0.39, 0.29) is 16.9 Å². The molecule has 0 heterocycles. The molecule has 0 fully saturated rings. The fraction of sp³-hybridized carbons (Fsp3) is 0.857. The van der Waals surface area contributed by atoms with Crippen LogP contribution in [0.1, 0.15) is 82.1 Å². The summed E-state index contributed by atoms with van der Waals surface area (Å²) >= 11 is 0. The largest absolute Gasteiger partial charge is 0.458 e. The van der Waals surface area contributed by atoms with Gasteiger partial charge in [0.1, 0.15) is 17.7 Å². The number of esters is 1. The van der Waals surface area contributed by atoms with E-state index in [0.717, 1.165) is 6.42 Å². The average Bonchev–Trinajstić information content (AvgIpc) is 2.50. The zero-order chi connectivity index (χ0) is 21.5. The van der Waals surface area contributed by atoms with Crippen LogP contribution in [0.3, 0.4) is 0 Å². The Morgan fingerprint density at radius 2 is 1.59 bits per heavy atom. The van der Waals surface area contributed by atoms with Gasteiger partial charge in [-0.1, -0.05) is 27.7 Å². The first-order valence-electron chi connectivity index (χ1n) is 9.80. The molecule has 1 amide bonds. The van der Waals surface area contributed by atoms with Gasteiger partial charge in [0.25, 0.3) is 0 Å². The number of hydrogen-bond acceptors (Lipinski definition) is 5. The lowest BCUT2D eigenvalue weighted by Crippen LogP contribution is -2.45. The van der Waals surface area contributed by atoms with E-state index in [9.17, 15) is 9.59 Å². The van der Waals surface area contributed by atoms with E-state index in [0.29, 0.717) is 13.0 Å². The van der Waals surface area contributed by atoms with Gasteiger partial charge in [0.05, 0.1) is 12.2 Å². The maximum atomic E-state index is 12.3. The molecule has 0 rings (SSSR count). The quantitative estimate of drug-likeness (QED) is 0.457. The maximum absolute atomic E-state index is 12.3. The Hall–Kier alpha value is -1.43. The Balaban J connectivity index is 4.54. The van der Waals surface area contributed by atoms with E-state index in [2.05, 4.69) is 17.2 Å². The van der Waals surface area contributed by atoms with E-state index < -0.39 is 23.7 Å². The summed E-state index contributed by atoms with van der Waals surface area (Å²) in [6, 6.07) is -1.30. The summed E-state index contributed by atoms with van der Waals surface area (Å²) in [7, 11) is 0. The predicted molar refractivity (Wildman–Crippen MR) is 110 cm³/mol. The summed E-state index contributed by atoms with van der Waals surface area (Å²) in [4.78, 5) is 28.8. The summed E-state index contributed by atoms with van der Waals surface area (Å²) in [6.45, 7) is 19.7. The number of rotatable bonds is 10. The van der Waals surface area contributed by atoms with Gasteiger partial charge in [-0.3, -0.25) is 9.79 Å². The van der Waals surface area contributed by atoms with E-state index >= 15 is 0 Å². The molecule has 0 aromatic heterocycles. The number of hydrogen-bond donors (Lipinski definition) is 1. The van der Waals surface area contributed by atoms with E-state index in [1.807, 2.05) is 48.5 Å². The van der Waals surface area contributed by atoms with Crippen molar-refractivity contribution in [1.82, 2.24) is 5.32 Å². The van der Waals surface area contributed by atoms with Crippen LogP contribution in [0.5, 0.6) is 0 Å². The first-order valence-corrected chi connectivity index (χ1v) is 9.80. The summed E-state index contributed by atoms with van der Waals surface area (Å²) < 4.78 is 11.4. The van der Waals surface area contributed by atoms with E-state index in [1.54, 1.807) is 20.1 Å². The van der Waals surface area contributed by atoms with Gasteiger partial charge in [-0.25, -0.2) is 4.79 Å². The molecule has 1 N–H and O–H groups in total. The Kier molecular flexibility index (Phi) is 9.67.